The summed E-state index contributed by atoms with van der Waals surface area (Å²) in [7, 11) is 3.89. The van der Waals surface area contributed by atoms with Gasteiger partial charge in [-0.05, 0) is 18.7 Å². The molecule has 0 atom stereocenters. The number of anilines is 1. The summed E-state index contributed by atoms with van der Waals surface area (Å²) in [5, 5.41) is 12.5. The summed E-state index contributed by atoms with van der Waals surface area (Å²) in [6.45, 7) is 0.550. The summed E-state index contributed by atoms with van der Waals surface area (Å²) < 4.78 is 1.74. The Morgan fingerprint density at radius 1 is 1.33 bits per heavy atom. The van der Waals surface area contributed by atoms with Gasteiger partial charge in [0.2, 0.25) is 0 Å². The molecule has 2 rings (SSSR count). The molecule has 15 heavy (non-hydrogen) atoms. The van der Waals surface area contributed by atoms with E-state index in [4.69, 9.17) is 5.73 Å². The van der Waals surface area contributed by atoms with Gasteiger partial charge < -0.3 is 10.6 Å². The zero-order chi connectivity index (χ0) is 10.8. The second kappa shape index (κ2) is 3.82. The largest absolute Gasteiger partial charge is 0.361 e. The number of hydrogen-bond donors (Lipinski definition) is 1. The molecule has 2 aromatic rings. The van der Waals surface area contributed by atoms with Crippen molar-refractivity contribution in [3.8, 4) is 0 Å². The summed E-state index contributed by atoms with van der Waals surface area (Å²) in [6, 6.07) is 3.81. The van der Waals surface area contributed by atoms with Crippen molar-refractivity contribution in [1.29, 1.82) is 0 Å². The van der Waals surface area contributed by atoms with Crippen LogP contribution in [0.25, 0.3) is 5.65 Å². The monoisotopic (exact) mass is 206 g/mol. The third-order valence-corrected chi connectivity index (χ3v) is 2.14. The van der Waals surface area contributed by atoms with Gasteiger partial charge in [0.15, 0.2) is 11.5 Å². The van der Waals surface area contributed by atoms with E-state index < -0.39 is 0 Å². The Hall–Kier alpha value is -1.69. The molecule has 0 aromatic carbocycles. The maximum absolute atomic E-state index is 5.49. The fourth-order valence-corrected chi connectivity index (χ4v) is 1.35. The molecule has 0 saturated heterocycles. The number of fused-ring (bicyclic) bond motifs is 1. The molecule has 0 aliphatic heterocycles. The van der Waals surface area contributed by atoms with Crippen LogP contribution < -0.4 is 10.6 Å². The van der Waals surface area contributed by atoms with Gasteiger partial charge in [-0.3, -0.25) is 0 Å². The Morgan fingerprint density at radius 2 is 2.13 bits per heavy atom. The van der Waals surface area contributed by atoms with E-state index in [1.165, 1.54) is 0 Å². The lowest BCUT2D eigenvalue weighted by atomic mass is 10.4. The molecule has 0 spiro atoms. The van der Waals surface area contributed by atoms with E-state index in [0.717, 1.165) is 17.3 Å². The Morgan fingerprint density at radius 3 is 2.80 bits per heavy atom. The second-order valence-electron chi connectivity index (χ2n) is 3.51. The highest BCUT2D eigenvalue weighted by atomic mass is 15.4. The highest BCUT2D eigenvalue weighted by molar-refractivity contribution is 5.44. The van der Waals surface area contributed by atoms with E-state index in [-0.39, 0.29) is 0 Å². The van der Waals surface area contributed by atoms with E-state index >= 15 is 0 Å². The number of aromatic nitrogens is 4. The van der Waals surface area contributed by atoms with Gasteiger partial charge in [-0.2, -0.15) is 4.52 Å². The zero-order valence-corrected chi connectivity index (χ0v) is 8.88. The van der Waals surface area contributed by atoms with Crippen LogP contribution in [0.4, 0.5) is 5.82 Å². The molecule has 6 nitrogen and oxygen atoms in total. The van der Waals surface area contributed by atoms with E-state index in [0.29, 0.717) is 13.0 Å². The van der Waals surface area contributed by atoms with Crippen LogP contribution in [-0.4, -0.2) is 40.5 Å². The Labute approximate surface area is 87.7 Å². The van der Waals surface area contributed by atoms with E-state index in [9.17, 15) is 0 Å². The van der Waals surface area contributed by atoms with Gasteiger partial charge in [0.05, 0.1) is 0 Å². The van der Waals surface area contributed by atoms with Crippen molar-refractivity contribution in [2.75, 3.05) is 25.5 Å². The predicted molar refractivity (Wildman–Crippen MR) is 57.9 cm³/mol. The fourth-order valence-electron chi connectivity index (χ4n) is 1.35. The Bertz CT molecular complexity index is 461. The molecule has 6 heteroatoms. The SMILES string of the molecule is CN(C)c1ccc2nnc(CCN)n2n1. The average molecular weight is 206 g/mol. The lowest BCUT2D eigenvalue weighted by molar-refractivity contribution is 0.785. The standard InChI is InChI=1S/C9H14N6/c1-14(2)9-4-3-7-11-12-8(5-6-10)15(7)13-9/h3-4H,5-6,10H2,1-2H3. The van der Waals surface area contributed by atoms with Crippen LogP contribution in [0.15, 0.2) is 12.1 Å². The number of rotatable bonds is 3. The van der Waals surface area contributed by atoms with Crippen LogP contribution in [0.2, 0.25) is 0 Å². The Balaban J connectivity index is 2.51. The third kappa shape index (κ3) is 1.75. The van der Waals surface area contributed by atoms with Gasteiger partial charge in [0, 0.05) is 20.5 Å². The van der Waals surface area contributed by atoms with Crippen LogP contribution in [0.1, 0.15) is 5.82 Å². The van der Waals surface area contributed by atoms with Crippen molar-refractivity contribution < 1.29 is 0 Å². The first kappa shape index (κ1) is 9.85. The van der Waals surface area contributed by atoms with Gasteiger partial charge in [0.1, 0.15) is 5.82 Å². The minimum atomic E-state index is 0.550. The number of nitrogens with zero attached hydrogens (tertiary/aromatic N) is 5. The molecule has 2 heterocycles. The lowest BCUT2D eigenvalue weighted by Crippen LogP contribution is -2.14. The zero-order valence-electron chi connectivity index (χ0n) is 8.88. The molecule has 0 radical (unpaired) electrons. The highest BCUT2D eigenvalue weighted by Crippen LogP contribution is 2.09. The van der Waals surface area contributed by atoms with Crippen LogP contribution in [-0.2, 0) is 6.42 Å². The Kier molecular flexibility index (Phi) is 2.51. The lowest BCUT2D eigenvalue weighted by Gasteiger charge is -2.10. The minimum absolute atomic E-state index is 0.550. The fraction of sp³-hybridized carbons (Fsp3) is 0.444. The first-order valence-electron chi connectivity index (χ1n) is 4.81. The third-order valence-electron chi connectivity index (χ3n) is 2.14. The summed E-state index contributed by atoms with van der Waals surface area (Å²) in [5.41, 5.74) is 6.24. The number of hydrogen-bond acceptors (Lipinski definition) is 5. The van der Waals surface area contributed by atoms with Crippen molar-refractivity contribution in [3.05, 3.63) is 18.0 Å². The molecule has 0 bridgehead atoms. The van der Waals surface area contributed by atoms with Gasteiger partial charge in [-0.25, -0.2) is 0 Å². The predicted octanol–water partition coefficient (Wildman–Crippen LogP) is -0.309. The van der Waals surface area contributed by atoms with Crippen molar-refractivity contribution >= 4 is 11.5 Å². The van der Waals surface area contributed by atoms with Crippen molar-refractivity contribution in [1.82, 2.24) is 19.8 Å². The summed E-state index contributed by atoms with van der Waals surface area (Å²) in [4.78, 5) is 1.94. The van der Waals surface area contributed by atoms with E-state index in [1.54, 1.807) is 4.52 Å². The van der Waals surface area contributed by atoms with Crippen molar-refractivity contribution in [3.63, 3.8) is 0 Å². The average Bonchev–Trinajstić information content (AvgIpc) is 2.61. The van der Waals surface area contributed by atoms with Crippen LogP contribution in [0, 0.1) is 0 Å². The summed E-state index contributed by atoms with van der Waals surface area (Å²) in [6.07, 6.45) is 0.686. The molecule has 0 amide bonds. The molecule has 0 unspecified atom stereocenters. The maximum atomic E-state index is 5.49. The van der Waals surface area contributed by atoms with Crippen molar-refractivity contribution in [2.45, 2.75) is 6.42 Å². The quantitative estimate of drug-likeness (QED) is 0.746. The molecular formula is C9H14N6. The van der Waals surface area contributed by atoms with E-state index in [1.807, 2.05) is 31.1 Å². The number of nitrogens with two attached hydrogens (primary N) is 1. The first-order valence-corrected chi connectivity index (χ1v) is 4.81. The van der Waals surface area contributed by atoms with Crippen molar-refractivity contribution in [2.24, 2.45) is 5.73 Å². The summed E-state index contributed by atoms with van der Waals surface area (Å²) >= 11 is 0. The molecule has 80 valence electrons. The molecule has 0 aliphatic carbocycles. The molecule has 0 fully saturated rings. The second-order valence-corrected chi connectivity index (χ2v) is 3.51. The maximum Gasteiger partial charge on any atom is 0.178 e. The molecule has 2 N–H and O–H groups in total. The van der Waals surface area contributed by atoms with Gasteiger partial charge in [-0.15, -0.1) is 15.3 Å². The first-order chi connectivity index (χ1) is 7.22. The minimum Gasteiger partial charge on any atom is -0.361 e. The van der Waals surface area contributed by atoms with Crippen LogP contribution in [0.3, 0.4) is 0 Å². The van der Waals surface area contributed by atoms with Gasteiger partial charge in [-0.1, -0.05) is 0 Å². The smallest absolute Gasteiger partial charge is 0.178 e. The molecule has 0 aliphatic rings. The molecular weight excluding hydrogens is 192 g/mol. The van der Waals surface area contributed by atoms with Crippen LogP contribution >= 0.6 is 0 Å². The van der Waals surface area contributed by atoms with E-state index in [2.05, 4.69) is 15.3 Å². The van der Waals surface area contributed by atoms with Crippen LogP contribution in [0.5, 0.6) is 0 Å². The topological polar surface area (TPSA) is 72.3 Å². The normalized spacial score (nSPS) is 10.9. The van der Waals surface area contributed by atoms with Gasteiger partial charge in [0.25, 0.3) is 0 Å². The molecule has 2 aromatic heterocycles. The summed E-state index contributed by atoms with van der Waals surface area (Å²) in [5.74, 6) is 1.68. The highest BCUT2D eigenvalue weighted by Gasteiger charge is 2.07. The van der Waals surface area contributed by atoms with Gasteiger partial charge >= 0.3 is 0 Å². The molecule has 0 saturated carbocycles.